The first-order valence-corrected chi connectivity index (χ1v) is 10.2. The summed E-state index contributed by atoms with van der Waals surface area (Å²) in [7, 11) is 1.66. The molecule has 4 heterocycles. The minimum atomic E-state index is -0.270. The molecule has 0 aliphatic carbocycles. The normalized spacial score (nSPS) is 27.4. The summed E-state index contributed by atoms with van der Waals surface area (Å²) in [6.45, 7) is 8.09. The van der Waals surface area contributed by atoms with Crippen molar-refractivity contribution >= 4 is 16.9 Å². The minimum absolute atomic E-state index is 0.153. The number of piperidine rings is 3. The van der Waals surface area contributed by atoms with Crippen LogP contribution in [0.15, 0.2) is 43.1 Å². The zero-order chi connectivity index (χ0) is 19.7. The predicted octanol–water partition coefficient (Wildman–Crippen LogP) is 2.72. The van der Waals surface area contributed by atoms with Crippen LogP contribution in [-0.4, -0.2) is 37.2 Å². The van der Waals surface area contributed by atoms with E-state index in [0.717, 1.165) is 41.7 Å². The molecule has 3 fully saturated rings. The Kier molecular flexibility index (Phi) is 5.36. The molecule has 28 heavy (non-hydrogen) atoms. The Bertz CT molecular complexity index is 881. The summed E-state index contributed by atoms with van der Waals surface area (Å²) in [6, 6.07) is 8.15. The van der Waals surface area contributed by atoms with Crippen LogP contribution in [0.25, 0.3) is 10.9 Å². The molecule has 3 aliphatic rings. The molecule has 3 aliphatic heterocycles. The van der Waals surface area contributed by atoms with E-state index in [2.05, 4.69) is 17.6 Å². The number of hydrogen-bond acceptors (Lipinski definition) is 4. The van der Waals surface area contributed by atoms with Crippen molar-refractivity contribution in [2.45, 2.75) is 38.3 Å². The molecule has 5 atom stereocenters. The van der Waals surface area contributed by atoms with Crippen molar-refractivity contribution in [1.82, 2.24) is 4.98 Å². The fourth-order valence-corrected chi connectivity index (χ4v) is 5.00. The Hall–Kier alpha value is -2.40. The second kappa shape index (κ2) is 7.92. The van der Waals surface area contributed by atoms with E-state index in [-0.39, 0.29) is 18.1 Å². The fourth-order valence-electron chi connectivity index (χ4n) is 5.00. The van der Waals surface area contributed by atoms with Crippen molar-refractivity contribution in [3.63, 3.8) is 0 Å². The second-order valence-electron chi connectivity index (χ2n) is 7.95. The van der Waals surface area contributed by atoms with Gasteiger partial charge in [-0.05, 0) is 30.2 Å². The lowest BCUT2D eigenvalue weighted by molar-refractivity contribution is -0.949. The smallest absolute Gasteiger partial charge is 0.306 e. The Morgan fingerprint density at radius 2 is 2.29 bits per heavy atom. The van der Waals surface area contributed by atoms with Gasteiger partial charge in [0.15, 0.2) is 6.10 Å². The molecule has 148 valence electrons. The number of pyridine rings is 1. The van der Waals surface area contributed by atoms with Gasteiger partial charge in [0.2, 0.25) is 0 Å². The van der Waals surface area contributed by atoms with Gasteiger partial charge in [-0.15, -0.1) is 6.58 Å². The quantitative estimate of drug-likeness (QED) is 0.618. The summed E-state index contributed by atoms with van der Waals surface area (Å²) in [5.41, 5.74) is 1.93. The number of esters is 1. The predicted molar refractivity (Wildman–Crippen MR) is 108 cm³/mol. The molecule has 3 saturated heterocycles. The van der Waals surface area contributed by atoms with Crippen molar-refractivity contribution in [3.05, 3.63) is 48.7 Å². The number of ether oxygens (including phenoxy) is 2. The first-order chi connectivity index (χ1) is 13.6. The van der Waals surface area contributed by atoms with Crippen molar-refractivity contribution in [3.8, 4) is 5.75 Å². The molecule has 0 amide bonds. The van der Waals surface area contributed by atoms with E-state index in [9.17, 15) is 4.79 Å². The molecule has 1 N–H and O–H groups in total. The van der Waals surface area contributed by atoms with Crippen LogP contribution in [0.3, 0.4) is 0 Å². The van der Waals surface area contributed by atoms with E-state index >= 15 is 0 Å². The van der Waals surface area contributed by atoms with Gasteiger partial charge in [-0.2, -0.15) is 0 Å². The fraction of sp³-hybridized carbons (Fsp3) is 0.478. The number of fused-ring (bicyclic) bond motifs is 4. The lowest BCUT2D eigenvalue weighted by Gasteiger charge is -2.48. The van der Waals surface area contributed by atoms with Crippen LogP contribution in [0.2, 0.25) is 0 Å². The maximum Gasteiger partial charge on any atom is 0.306 e. The molecule has 5 heteroatoms. The number of aromatic nitrogens is 1. The van der Waals surface area contributed by atoms with Gasteiger partial charge >= 0.3 is 5.97 Å². The van der Waals surface area contributed by atoms with E-state index in [0.29, 0.717) is 18.3 Å². The van der Waals surface area contributed by atoms with Crippen molar-refractivity contribution in [2.75, 3.05) is 20.2 Å². The van der Waals surface area contributed by atoms with Crippen LogP contribution in [0, 0.1) is 11.8 Å². The van der Waals surface area contributed by atoms with Gasteiger partial charge < -0.3 is 14.4 Å². The molecule has 1 aromatic heterocycles. The number of quaternary nitrogens is 1. The maximum atomic E-state index is 12.3. The average molecular weight is 381 g/mol. The Morgan fingerprint density at radius 3 is 2.96 bits per heavy atom. The number of benzene rings is 1. The Morgan fingerprint density at radius 1 is 1.43 bits per heavy atom. The van der Waals surface area contributed by atoms with Gasteiger partial charge in [-0.1, -0.05) is 13.0 Å². The second-order valence-corrected chi connectivity index (χ2v) is 7.95. The van der Waals surface area contributed by atoms with Crippen molar-refractivity contribution in [1.29, 1.82) is 0 Å². The molecule has 0 saturated carbocycles. The largest absolute Gasteiger partial charge is 0.497 e. The summed E-state index contributed by atoms with van der Waals surface area (Å²) in [5, 5.41) is 0.998. The summed E-state index contributed by atoms with van der Waals surface area (Å²) in [4.78, 5) is 18.4. The molecule has 0 radical (unpaired) electrons. The topological polar surface area (TPSA) is 52.9 Å². The molecule has 2 aromatic rings. The molecular weight excluding hydrogens is 352 g/mol. The minimum Gasteiger partial charge on any atom is -0.497 e. The van der Waals surface area contributed by atoms with Crippen LogP contribution in [0.1, 0.15) is 37.9 Å². The number of methoxy groups -OCH3 is 1. The third kappa shape index (κ3) is 3.39. The molecular formula is C23H29N2O3+. The van der Waals surface area contributed by atoms with E-state index in [1.165, 1.54) is 11.3 Å². The Labute approximate surface area is 166 Å². The highest BCUT2D eigenvalue weighted by molar-refractivity contribution is 5.84. The lowest BCUT2D eigenvalue weighted by Crippen LogP contribution is -3.20. The zero-order valence-corrected chi connectivity index (χ0v) is 16.7. The highest BCUT2D eigenvalue weighted by Crippen LogP contribution is 2.36. The molecule has 0 spiro atoms. The first kappa shape index (κ1) is 18.9. The molecule has 1 unspecified atom stereocenters. The van der Waals surface area contributed by atoms with Gasteiger partial charge in [0.1, 0.15) is 11.8 Å². The summed E-state index contributed by atoms with van der Waals surface area (Å²) >= 11 is 0. The SMILES string of the molecule is C=C[C@H]1C[NH+]2CC[C@H]1C[C@@H]2[C@H](OC(=O)CC)c1ccnc2ccc(OC)cc12. The van der Waals surface area contributed by atoms with Gasteiger partial charge in [-0.3, -0.25) is 9.78 Å². The van der Waals surface area contributed by atoms with E-state index < -0.39 is 0 Å². The van der Waals surface area contributed by atoms with Crippen LogP contribution in [-0.2, 0) is 9.53 Å². The molecule has 1 aromatic carbocycles. The summed E-state index contributed by atoms with van der Waals surface area (Å²) in [5.74, 6) is 1.83. The maximum absolute atomic E-state index is 12.3. The molecule has 2 bridgehead atoms. The number of rotatable bonds is 6. The summed E-state index contributed by atoms with van der Waals surface area (Å²) in [6.07, 6.45) is 6.32. The van der Waals surface area contributed by atoms with Gasteiger partial charge in [0, 0.05) is 42.3 Å². The zero-order valence-electron chi connectivity index (χ0n) is 16.7. The Balaban J connectivity index is 1.76. The van der Waals surface area contributed by atoms with Crippen LogP contribution in [0.5, 0.6) is 5.75 Å². The van der Waals surface area contributed by atoms with Gasteiger partial charge in [0.25, 0.3) is 0 Å². The monoisotopic (exact) mass is 381 g/mol. The van der Waals surface area contributed by atoms with Crippen LogP contribution < -0.4 is 9.64 Å². The van der Waals surface area contributed by atoms with Crippen LogP contribution in [0.4, 0.5) is 0 Å². The van der Waals surface area contributed by atoms with Crippen molar-refractivity contribution < 1.29 is 19.2 Å². The summed E-state index contributed by atoms with van der Waals surface area (Å²) < 4.78 is 11.5. The van der Waals surface area contributed by atoms with E-state index in [1.807, 2.05) is 37.4 Å². The number of carbonyl (C=O) groups is 1. The standard InChI is InChI=1S/C23H28N2O3/c1-4-15-14-25-11-9-16(15)12-21(25)23(28-22(26)5-2)18-8-10-24-20-7-6-17(27-3)13-19(18)20/h4,6-8,10,13,15-16,21,23H,1,5,9,11-12,14H2,2-3H3/p+1/t15-,16-,21+,23+/m0/s1. The first-order valence-electron chi connectivity index (χ1n) is 10.2. The lowest BCUT2D eigenvalue weighted by atomic mass is 9.73. The third-order valence-electron chi connectivity index (χ3n) is 6.52. The van der Waals surface area contributed by atoms with Gasteiger partial charge in [0.05, 0.1) is 25.7 Å². The molecule has 5 rings (SSSR count). The van der Waals surface area contributed by atoms with Gasteiger partial charge in [-0.25, -0.2) is 0 Å². The van der Waals surface area contributed by atoms with Crippen LogP contribution >= 0.6 is 0 Å². The van der Waals surface area contributed by atoms with E-state index in [4.69, 9.17) is 9.47 Å². The molecule has 5 nitrogen and oxygen atoms in total. The third-order valence-corrected chi connectivity index (χ3v) is 6.52. The number of nitrogens with zero attached hydrogens (tertiary/aromatic N) is 1. The van der Waals surface area contributed by atoms with E-state index in [1.54, 1.807) is 7.11 Å². The van der Waals surface area contributed by atoms with Crippen molar-refractivity contribution in [2.24, 2.45) is 11.8 Å². The number of nitrogens with one attached hydrogen (secondary N) is 1. The average Bonchev–Trinajstić information content (AvgIpc) is 2.76. The highest BCUT2D eigenvalue weighted by atomic mass is 16.5. The number of carbonyl (C=O) groups excluding carboxylic acids is 1. The highest BCUT2D eigenvalue weighted by Gasteiger charge is 2.47. The number of hydrogen-bond donors (Lipinski definition) is 1.